The van der Waals surface area contributed by atoms with Crippen LogP contribution in [0.25, 0.3) is 0 Å². The van der Waals surface area contributed by atoms with Crippen molar-refractivity contribution in [2.75, 3.05) is 0 Å². The third-order valence-electron chi connectivity index (χ3n) is 4.16. The highest BCUT2D eigenvalue weighted by atomic mass is 32.2. The molecule has 1 saturated carbocycles. The molecular weight excluding hydrogens is 332 g/mol. The number of sulfonamides is 1. The van der Waals surface area contributed by atoms with Crippen molar-refractivity contribution in [3.05, 3.63) is 47.1 Å². The number of hydrogen-bond acceptors (Lipinski definition) is 5. The van der Waals surface area contributed by atoms with Gasteiger partial charge in [0.25, 0.3) is 10.0 Å². The zero-order valence-electron chi connectivity index (χ0n) is 12.8. The largest absolute Gasteiger partial charge is 0.393 e. The Morgan fingerprint density at radius 3 is 2.70 bits per heavy atom. The number of aryl methyl sites for hydroxylation is 1. The molecule has 0 aliphatic heterocycles. The summed E-state index contributed by atoms with van der Waals surface area (Å²) in [5.41, 5.74) is 0.695. The molecule has 5 nitrogen and oxygen atoms in total. The average molecular weight is 352 g/mol. The fourth-order valence-corrected chi connectivity index (χ4v) is 5.37. The van der Waals surface area contributed by atoms with Crippen LogP contribution in [0.4, 0.5) is 0 Å². The van der Waals surface area contributed by atoms with Gasteiger partial charge in [-0.2, -0.15) is 0 Å². The first-order chi connectivity index (χ1) is 11.0. The molecule has 124 valence electrons. The van der Waals surface area contributed by atoms with E-state index < -0.39 is 16.1 Å². The van der Waals surface area contributed by atoms with Crippen molar-refractivity contribution in [2.45, 2.75) is 42.5 Å². The van der Waals surface area contributed by atoms with Gasteiger partial charge in [0.05, 0.1) is 17.8 Å². The molecular formula is C16H20N2O3S2. The topological polar surface area (TPSA) is 79.3 Å². The second-order valence-corrected chi connectivity index (χ2v) is 8.92. The van der Waals surface area contributed by atoms with Gasteiger partial charge in [0.2, 0.25) is 0 Å². The fraction of sp³-hybridized carbons (Fsp3) is 0.438. The molecule has 0 spiro atoms. The molecule has 1 atom stereocenters. The Balaban J connectivity index is 1.85. The Morgan fingerprint density at radius 1 is 1.35 bits per heavy atom. The lowest BCUT2D eigenvalue weighted by Crippen LogP contribution is -2.41. The van der Waals surface area contributed by atoms with Gasteiger partial charge in [-0.15, -0.1) is 11.3 Å². The first kappa shape index (κ1) is 16.6. The van der Waals surface area contributed by atoms with E-state index in [1.165, 1.54) is 11.3 Å². The van der Waals surface area contributed by atoms with Crippen LogP contribution in [0.2, 0.25) is 0 Å². The van der Waals surface area contributed by atoms with Crippen LogP contribution in [-0.4, -0.2) is 24.6 Å². The molecule has 1 aliphatic rings. The molecule has 7 heteroatoms. The van der Waals surface area contributed by atoms with Crippen LogP contribution in [0.15, 0.2) is 40.7 Å². The van der Waals surface area contributed by atoms with Gasteiger partial charge in [-0.3, -0.25) is 4.98 Å². The van der Waals surface area contributed by atoms with Gasteiger partial charge in [-0.1, -0.05) is 13.0 Å². The minimum Gasteiger partial charge on any atom is -0.393 e. The number of nitrogens with zero attached hydrogens (tertiary/aromatic N) is 1. The smallest absolute Gasteiger partial charge is 0.250 e. The van der Waals surface area contributed by atoms with E-state index in [1.807, 2.05) is 25.1 Å². The SMILES string of the molecule is CCc1ccc(S(=O)(=O)N[C@H](c2ccccn2)C2CC(O)C2)s1. The predicted molar refractivity (Wildman–Crippen MR) is 89.7 cm³/mol. The van der Waals surface area contributed by atoms with Gasteiger partial charge in [0.1, 0.15) is 4.21 Å². The van der Waals surface area contributed by atoms with E-state index in [1.54, 1.807) is 18.3 Å². The standard InChI is InChI=1S/C16H20N2O3S2/c1-2-13-6-7-15(22-13)23(20,21)18-16(11-9-12(19)10-11)14-5-3-4-8-17-14/h3-8,11-12,16,18-19H,2,9-10H2,1H3/t11?,12?,16-/m0/s1. The summed E-state index contributed by atoms with van der Waals surface area (Å²) < 4.78 is 28.5. The maximum Gasteiger partial charge on any atom is 0.250 e. The van der Waals surface area contributed by atoms with Crippen LogP contribution < -0.4 is 4.72 Å². The second-order valence-electron chi connectivity index (χ2n) is 5.81. The molecule has 1 aliphatic carbocycles. The van der Waals surface area contributed by atoms with Crippen LogP contribution in [0.3, 0.4) is 0 Å². The number of pyridine rings is 1. The highest BCUT2D eigenvalue weighted by Crippen LogP contribution is 2.38. The van der Waals surface area contributed by atoms with E-state index >= 15 is 0 Å². The zero-order valence-corrected chi connectivity index (χ0v) is 14.5. The van der Waals surface area contributed by atoms with E-state index in [0.717, 1.165) is 11.3 Å². The first-order valence-corrected chi connectivity index (χ1v) is 9.99. The Labute approximate surface area is 140 Å². The maximum absolute atomic E-state index is 12.7. The molecule has 0 aromatic carbocycles. The van der Waals surface area contributed by atoms with Crippen molar-refractivity contribution >= 4 is 21.4 Å². The van der Waals surface area contributed by atoms with Crippen LogP contribution in [-0.2, 0) is 16.4 Å². The Hall–Kier alpha value is -1.28. The molecule has 0 amide bonds. The molecule has 0 saturated heterocycles. The Morgan fingerprint density at radius 2 is 2.13 bits per heavy atom. The quantitative estimate of drug-likeness (QED) is 0.837. The Kier molecular flexibility index (Phi) is 4.82. The third kappa shape index (κ3) is 3.63. The van der Waals surface area contributed by atoms with E-state index in [-0.39, 0.29) is 12.0 Å². The normalized spacial score (nSPS) is 22.5. The summed E-state index contributed by atoms with van der Waals surface area (Å²) in [4.78, 5) is 5.34. The van der Waals surface area contributed by atoms with Crippen LogP contribution in [0.1, 0.15) is 36.4 Å². The number of aliphatic hydroxyl groups excluding tert-OH is 1. The summed E-state index contributed by atoms with van der Waals surface area (Å²) in [5, 5.41) is 9.57. The zero-order chi connectivity index (χ0) is 16.4. The highest BCUT2D eigenvalue weighted by molar-refractivity contribution is 7.91. The van der Waals surface area contributed by atoms with Gasteiger partial charge >= 0.3 is 0 Å². The lowest BCUT2D eigenvalue weighted by atomic mass is 9.76. The summed E-state index contributed by atoms with van der Waals surface area (Å²) in [6, 6.07) is 8.57. The molecule has 23 heavy (non-hydrogen) atoms. The van der Waals surface area contributed by atoms with Gasteiger partial charge < -0.3 is 5.11 Å². The van der Waals surface area contributed by atoms with Crippen molar-refractivity contribution < 1.29 is 13.5 Å². The molecule has 0 radical (unpaired) electrons. The number of thiophene rings is 1. The summed E-state index contributed by atoms with van der Waals surface area (Å²) in [6.45, 7) is 2.00. The van der Waals surface area contributed by atoms with E-state index in [0.29, 0.717) is 22.7 Å². The second kappa shape index (κ2) is 6.68. The third-order valence-corrected chi connectivity index (χ3v) is 7.32. The monoisotopic (exact) mass is 352 g/mol. The summed E-state index contributed by atoms with van der Waals surface area (Å²) in [6.07, 6.45) is 3.32. The lowest BCUT2D eigenvalue weighted by molar-refractivity contribution is 0.0273. The molecule has 2 N–H and O–H groups in total. The van der Waals surface area contributed by atoms with Gasteiger partial charge in [0, 0.05) is 11.1 Å². The molecule has 0 unspecified atom stereocenters. The van der Waals surface area contributed by atoms with Gasteiger partial charge in [-0.05, 0) is 49.4 Å². The van der Waals surface area contributed by atoms with Crippen molar-refractivity contribution in [3.63, 3.8) is 0 Å². The summed E-state index contributed by atoms with van der Waals surface area (Å²) >= 11 is 1.29. The molecule has 2 aromatic rings. The van der Waals surface area contributed by atoms with Crippen molar-refractivity contribution in [1.82, 2.24) is 9.71 Å². The lowest BCUT2D eigenvalue weighted by Gasteiger charge is -2.37. The summed E-state index contributed by atoms with van der Waals surface area (Å²) in [7, 11) is -3.59. The minimum atomic E-state index is -3.59. The number of aliphatic hydroxyl groups is 1. The number of hydrogen-bond donors (Lipinski definition) is 2. The molecule has 2 heterocycles. The molecule has 2 aromatic heterocycles. The Bertz CT molecular complexity index is 753. The summed E-state index contributed by atoms with van der Waals surface area (Å²) in [5.74, 6) is 0.0697. The molecule has 0 bridgehead atoms. The molecule has 1 fully saturated rings. The first-order valence-electron chi connectivity index (χ1n) is 7.69. The predicted octanol–water partition coefficient (Wildman–Crippen LogP) is 2.50. The van der Waals surface area contributed by atoms with Crippen LogP contribution in [0.5, 0.6) is 0 Å². The van der Waals surface area contributed by atoms with Crippen molar-refractivity contribution in [2.24, 2.45) is 5.92 Å². The van der Waals surface area contributed by atoms with Crippen LogP contribution in [0, 0.1) is 5.92 Å². The minimum absolute atomic E-state index is 0.0697. The number of aromatic nitrogens is 1. The van der Waals surface area contributed by atoms with Crippen LogP contribution >= 0.6 is 11.3 Å². The van der Waals surface area contributed by atoms with Gasteiger partial charge in [-0.25, -0.2) is 13.1 Å². The van der Waals surface area contributed by atoms with Gasteiger partial charge in [0.15, 0.2) is 0 Å². The maximum atomic E-state index is 12.7. The average Bonchev–Trinajstić information content (AvgIpc) is 3.01. The molecule has 3 rings (SSSR count). The van der Waals surface area contributed by atoms with E-state index in [9.17, 15) is 13.5 Å². The highest BCUT2D eigenvalue weighted by Gasteiger charge is 2.38. The fourth-order valence-electron chi connectivity index (χ4n) is 2.78. The van der Waals surface area contributed by atoms with Crippen molar-refractivity contribution in [3.8, 4) is 0 Å². The van der Waals surface area contributed by atoms with E-state index in [4.69, 9.17) is 0 Å². The van der Waals surface area contributed by atoms with E-state index in [2.05, 4.69) is 9.71 Å². The van der Waals surface area contributed by atoms with Crippen molar-refractivity contribution in [1.29, 1.82) is 0 Å². The number of nitrogens with one attached hydrogen (secondary N) is 1. The number of rotatable bonds is 6.